The molecule has 0 heterocycles. The molecule has 1 rings (SSSR count). The maximum absolute atomic E-state index is 13.2. The van der Waals surface area contributed by atoms with Crippen LogP contribution in [0.2, 0.25) is 0 Å². The van der Waals surface area contributed by atoms with E-state index in [9.17, 15) is 17.2 Å². The zero-order chi connectivity index (χ0) is 12.3. The Labute approximate surface area is 97.5 Å². The van der Waals surface area contributed by atoms with Gasteiger partial charge in [0.2, 0.25) is 10.0 Å². The van der Waals surface area contributed by atoms with Crippen molar-refractivity contribution in [3.63, 3.8) is 0 Å². The van der Waals surface area contributed by atoms with Gasteiger partial charge in [0.1, 0.15) is 16.5 Å². The first-order valence-corrected chi connectivity index (χ1v) is 6.42. The zero-order valence-electron chi connectivity index (χ0n) is 8.38. The number of sulfonamides is 1. The first-order chi connectivity index (χ1) is 7.36. The summed E-state index contributed by atoms with van der Waals surface area (Å²) in [5.41, 5.74) is 0. The van der Waals surface area contributed by atoms with Crippen LogP contribution in [0.25, 0.3) is 0 Å². The highest BCUT2D eigenvalue weighted by Crippen LogP contribution is 2.15. The molecule has 0 bridgehead atoms. The van der Waals surface area contributed by atoms with E-state index in [1.54, 1.807) is 0 Å². The summed E-state index contributed by atoms with van der Waals surface area (Å²) in [5, 5.41) is 0. The minimum Gasteiger partial charge on any atom is -0.207 e. The van der Waals surface area contributed by atoms with Crippen LogP contribution in [-0.2, 0) is 10.0 Å². The highest BCUT2D eigenvalue weighted by atomic mass is 35.5. The second-order valence-corrected chi connectivity index (χ2v) is 5.24. The highest BCUT2D eigenvalue weighted by molar-refractivity contribution is 7.89. The molecule has 1 aromatic carbocycles. The number of nitrogens with one attached hydrogen (secondary N) is 1. The molecule has 0 aliphatic carbocycles. The van der Waals surface area contributed by atoms with Crippen molar-refractivity contribution in [2.45, 2.75) is 17.9 Å². The van der Waals surface area contributed by atoms with E-state index in [4.69, 9.17) is 11.6 Å². The minimum absolute atomic E-state index is 0.0379. The molecule has 7 heteroatoms. The van der Waals surface area contributed by atoms with Crippen molar-refractivity contribution < 1.29 is 17.2 Å². The fourth-order valence-electron chi connectivity index (χ4n) is 1.04. The summed E-state index contributed by atoms with van der Waals surface area (Å²) in [5.74, 6) is -1.79. The van der Waals surface area contributed by atoms with Gasteiger partial charge in [0.15, 0.2) is 0 Å². The third kappa shape index (κ3) is 3.13. The van der Waals surface area contributed by atoms with E-state index in [1.165, 1.54) is 6.92 Å². The van der Waals surface area contributed by atoms with Gasteiger partial charge in [-0.1, -0.05) is 0 Å². The molecule has 0 amide bonds. The summed E-state index contributed by atoms with van der Waals surface area (Å²) >= 11 is 5.42. The van der Waals surface area contributed by atoms with E-state index in [0.717, 1.165) is 12.1 Å². The van der Waals surface area contributed by atoms with Gasteiger partial charge in [0.25, 0.3) is 0 Å². The van der Waals surface area contributed by atoms with Gasteiger partial charge in [-0.15, -0.1) is 11.6 Å². The topological polar surface area (TPSA) is 46.2 Å². The molecule has 0 radical (unpaired) electrons. The van der Waals surface area contributed by atoms with E-state index >= 15 is 0 Å². The Morgan fingerprint density at radius 3 is 2.62 bits per heavy atom. The smallest absolute Gasteiger partial charge is 0.207 e. The van der Waals surface area contributed by atoms with Crippen LogP contribution in [0.3, 0.4) is 0 Å². The van der Waals surface area contributed by atoms with Crippen LogP contribution >= 0.6 is 11.6 Å². The molecule has 0 spiro atoms. The van der Waals surface area contributed by atoms with Crippen LogP contribution in [0.5, 0.6) is 0 Å². The summed E-state index contributed by atoms with van der Waals surface area (Å²) < 4.78 is 51.3. The lowest BCUT2D eigenvalue weighted by Crippen LogP contribution is -2.34. The monoisotopic (exact) mass is 269 g/mol. The maximum atomic E-state index is 13.2. The fourth-order valence-corrected chi connectivity index (χ4v) is 2.54. The van der Waals surface area contributed by atoms with Gasteiger partial charge in [0.05, 0.1) is 0 Å². The minimum atomic E-state index is -4.07. The number of alkyl halides is 1. The molecule has 1 unspecified atom stereocenters. The predicted octanol–water partition coefficient (Wildman–Crippen LogP) is 1.87. The Bertz CT molecular complexity index is 478. The van der Waals surface area contributed by atoms with Crippen LogP contribution in [0, 0.1) is 11.6 Å². The summed E-state index contributed by atoms with van der Waals surface area (Å²) in [4.78, 5) is -0.718. The maximum Gasteiger partial charge on any atom is 0.243 e. The fraction of sp³-hybridized carbons (Fsp3) is 0.333. The Morgan fingerprint density at radius 2 is 2.06 bits per heavy atom. The molecule has 90 valence electrons. The predicted molar refractivity (Wildman–Crippen MR) is 56.9 cm³/mol. The van der Waals surface area contributed by atoms with E-state index in [2.05, 4.69) is 4.72 Å². The van der Waals surface area contributed by atoms with Crippen molar-refractivity contribution in [2.24, 2.45) is 0 Å². The van der Waals surface area contributed by atoms with Crippen molar-refractivity contribution in [1.82, 2.24) is 4.72 Å². The van der Waals surface area contributed by atoms with Crippen molar-refractivity contribution in [1.29, 1.82) is 0 Å². The van der Waals surface area contributed by atoms with Gasteiger partial charge >= 0.3 is 0 Å². The van der Waals surface area contributed by atoms with Gasteiger partial charge in [0, 0.05) is 11.9 Å². The second-order valence-electron chi connectivity index (χ2n) is 3.25. The van der Waals surface area contributed by atoms with Crippen LogP contribution in [0.15, 0.2) is 23.1 Å². The van der Waals surface area contributed by atoms with Gasteiger partial charge in [-0.25, -0.2) is 21.9 Å². The molecule has 16 heavy (non-hydrogen) atoms. The average Bonchev–Trinajstić information content (AvgIpc) is 2.20. The normalized spacial score (nSPS) is 13.8. The van der Waals surface area contributed by atoms with Crippen molar-refractivity contribution in [3.8, 4) is 0 Å². The van der Waals surface area contributed by atoms with Crippen molar-refractivity contribution in [3.05, 3.63) is 29.8 Å². The number of rotatable bonds is 4. The first kappa shape index (κ1) is 13.3. The van der Waals surface area contributed by atoms with Crippen LogP contribution < -0.4 is 4.72 Å². The number of halogens is 3. The Balaban J connectivity index is 3.12. The molecule has 0 aliphatic heterocycles. The lowest BCUT2D eigenvalue weighted by molar-refractivity contribution is 0.540. The summed E-state index contributed by atoms with van der Waals surface area (Å²) in [6, 6.07) is 1.67. The van der Waals surface area contributed by atoms with Gasteiger partial charge in [-0.3, -0.25) is 0 Å². The molecule has 0 saturated carbocycles. The third-order valence-corrected chi connectivity index (χ3v) is 3.84. The summed E-state index contributed by atoms with van der Waals surface area (Å²) in [6.07, 6.45) is 0. The van der Waals surface area contributed by atoms with Gasteiger partial charge in [-0.2, -0.15) is 0 Å². The van der Waals surface area contributed by atoms with E-state index in [1.807, 2.05) is 0 Å². The Kier molecular flexibility index (Phi) is 4.23. The first-order valence-electron chi connectivity index (χ1n) is 4.40. The largest absolute Gasteiger partial charge is 0.243 e. The molecule has 1 N–H and O–H groups in total. The lowest BCUT2D eigenvalue weighted by atomic mass is 10.3. The molecule has 0 fully saturated rings. The molecular weight excluding hydrogens is 260 g/mol. The van der Waals surface area contributed by atoms with E-state index in [0.29, 0.717) is 6.07 Å². The third-order valence-electron chi connectivity index (χ3n) is 1.77. The molecule has 1 aromatic rings. The van der Waals surface area contributed by atoms with Crippen LogP contribution in [0.4, 0.5) is 8.78 Å². The SMILES string of the molecule is CC(CCl)NS(=O)(=O)c1cc(F)ccc1F. The molecular formula is C9H10ClF2NO2S. The Morgan fingerprint density at radius 1 is 1.44 bits per heavy atom. The van der Waals surface area contributed by atoms with Gasteiger partial charge in [-0.05, 0) is 25.1 Å². The molecule has 3 nitrogen and oxygen atoms in total. The number of hydrogen-bond donors (Lipinski definition) is 1. The van der Waals surface area contributed by atoms with E-state index in [-0.39, 0.29) is 5.88 Å². The van der Waals surface area contributed by atoms with E-state index < -0.39 is 32.6 Å². The summed E-state index contributed by atoms with van der Waals surface area (Å²) in [7, 11) is -4.07. The number of benzene rings is 1. The molecule has 0 aliphatic rings. The molecule has 0 saturated heterocycles. The molecule has 0 aromatic heterocycles. The van der Waals surface area contributed by atoms with Crippen LogP contribution in [0.1, 0.15) is 6.92 Å². The highest BCUT2D eigenvalue weighted by Gasteiger charge is 2.21. The van der Waals surface area contributed by atoms with Crippen LogP contribution in [-0.4, -0.2) is 20.3 Å². The lowest BCUT2D eigenvalue weighted by Gasteiger charge is -2.11. The molecule has 1 atom stereocenters. The standard InChI is InChI=1S/C9H10ClF2NO2S/c1-6(5-10)13-16(14,15)9-4-7(11)2-3-8(9)12/h2-4,6,13H,5H2,1H3. The zero-order valence-corrected chi connectivity index (χ0v) is 9.95. The quantitative estimate of drug-likeness (QED) is 0.848. The van der Waals surface area contributed by atoms with Gasteiger partial charge < -0.3 is 0 Å². The second kappa shape index (κ2) is 5.07. The summed E-state index contributed by atoms with van der Waals surface area (Å²) in [6.45, 7) is 1.52. The average molecular weight is 270 g/mol. The van der Waals surface area contributed by atoms with Crippen molar-refractivity contribution >= 4 is 21.6 Å². The van der Waals surface area contributed by atoms with Crippen molar-refractivity contribution in [2.75, 3.05) is 5.88 Å². The Hall–Kier alpha value is -0.720. The number of hydrogen-bond acceptors (Lipinski definition) is 2.